The molecule has 2 atom stereocenters. The van der Waals surface area contributed by atoms with Crippen LogP contribution in [0.3, 0.4) is 0 Å². The van der Waals surface area contributed by atoms with Crippen LogP contribution < -0.4 is 0 Å². The van der Waals surface area contributed by atoms with Crippen molar-refractivity contribution in [1.29, 1.82) is 0 Å². The lowest BCUT2D eigenvalue weighted by molar-refractivity contribution is -0.396. The van der Waals surface area contributed by atoms with Crippen LogP contribution in [0.4, 0.5) is 5.95 Å². The van der Waals surface area contributed by atoms with E-state index in [1.165, 1.54) is 21.6 Å². The Labute approximate surface area is 159 Å². The minimum absolute atomic E-state index is 0.0265. The Morgan fingerprint density at radius 1 is 1.32 bits per heavy atom. The Hall–Kier alpha value is -3.12. The molecule has 1 aliphatic heterocycles. The van der Waals surface area contributed by atoms with E-state index in [-0.39, 0.29) is 19.2 Å². The van der Waals surface area contributed by atoms with Crippen LogP contribution in [-0.4, -0.2) is 49.7 Å². The van der Waals surface area contributed by atoms with Gasteiger partial charge >= 0.3 is 5.95 Å². The van der Waals surface area contributed by atoms with E-state index in [4.69, 9.17) is 4.18 Å². The van der Waals surface area contributed by atoms with E-state index >= 15 is 0 Å². The summed E-state index contributed by atoms with van der Waals surface area (Å²) in [6.45, 7) is 0.157. The van der Waals surface area contributed by atoms with Crippen LogP contribution in [0, 0.1) is 10.1 Å². The predicted molar refractivity (Wildman–Crippen MR) is 95.9 cm³/mol. The van der Waals surface area contributed by atoms with Gasteiger partial charge in [-0.3, -0.25) is 4.18 Å². The van der Waals surface area contributed by atoms with Crippen molar-refractivity contribution in [3.8, 4) is 0 Å². The van der Waals surface area contributed by atoms with Crippen LogP contribution in [0.25, 0.3) is 0 Å². The van der Waals surface area contributed by atoms with E-state index < -0.39 is 26.2 Å². The first kappa shape index (κ1) is 18.3. The van der Waals surface area contributed by atoms with Crippen molar-refractivity contribution in [3.05, 3.63) is 70.3 Å². The lowest BCUT2D eigenvalue weighted by Crippen LogP contribution is -2.25. The Morgan fingerprint density at radius 2 is 2.11 bits per heavy atom. The first-order valence-corrected chi connectivity index (χ1v) is 9.91. The summed E-state index contributed by atoms with van der Waals surface area (Å²) in [6, 6.07) is 9.15. The number of aromatic nitrogens is 5. The molecule has 0 amide bonds. The third kappa shape index (κ3) is 3.39. The van der Waals surface area contributed by atoms with Gasteiger partial charge in [0.15, 0.2) is 6.67 Å². The zero-order valence-corrected chi connectivity index (χ0v) is 15.3. The van der Waals surface area contributed by atoms with Crippen LogP contribution in [0.1, 0.15) is 23.6 Å². The van der Waals surface area contributed by atoms with E-state index in [9.17, 15) is 18.5 Å². The Morgan fingerprint density at radius 3 is 2.79 bits per heavy atom. The lowest BCUT2D eigenvalue weighted by atomic mass is 9.91. The van der Waals surface area contributed by atoms with Crippen LogP contribution in [-0.2, 0) is 21.0 Å². The number of nitro groups is 1. The van der Waals surface area contributed by atoms with Gasteiger partial charge in [-0.25, -0.2) is 9.25 Å². The predicted octanol–water partition coefficient (Wildman–Crippen LogP) is 1.14. The Balaban J connectivity index is 1.68. The molecule has 1 saturated heterocycles. The van der Waals surface area contributed by atoms with E-state index in [0.717, 1.165) is 5.56 Å². The van der Waals surface area contributed by atoms with Gasteiger partial charge in [0.1, 0.15) is 17.6 Å². The molecule has 2 aromatic heterocycles. The molecule has 0 bridgehead atoms. The second-order valence-electron chi connectivity index (χ2n) is 6.31. The van der Waals surface area contributed by atoms with Crippen molar-refractivity contribution in [2.45, 2.75) is 24.3 Å². The molecule has 3 aromatic rings. The van der Waals surface area contributed by atoms with Crippen LogP contribution in [0.2, 0.25) is 0 Å². The summed E-state index contributed by atoms with van der Waals surface area (Å²) in [6.07, 6.45) is 4.73. The summed E-state index contributed by atoms with van der Waals surface area (Å²) >= 11 is 0. The molecule has 1 aliphatic rings. The minimum Gasteiger partial charge on any atom is -0.390 e. The molecule has 0 aliphatic carbocycles. The van der Waals surface area contributed by atoms with Gasteiger partial charge in [-0.2, -0.15) is 8.42 Å². The normalized spacial score (nSPS) is 19.5. The third-order valence-electron chi connectivity index (χ3n) is 4.58. The lowest BCUT2D eigenvalue weighted by Gasteiger charge is -2.19. The summed E-state index contributed by atoms with van der Waals surface area (Å²) in [5.74, 6) is -0.872. The fourth-order valence-electron chi connectivity index (χ4n) is 3.35. The average Bonchev–Trinajstić information content (AvgIpc) is 3.38. The number of hydrogen-bond acceptors (Lipinski definition) is 8. The molecule has 0 N–H and O–H groups in total. The van der Waals surface area contributed by atoms with Gasteiger partial charge in [0.25, 0.3) is 10.1 Å². The van der Waals surface area contributed by atoms with Crippen molar-refractivity contribution in [1.82, 2.24) is 24.5 Å². The summed E-state index contributed by atoms with van der Waals surface area (Å²) in [7, 11) is -3.72. The maximum absolute atomic E-state index is 12.4. The van der Waals surface area contributed by atoms with Crippen molar-refractivity contribution in [2.75, 3.05) is 6.61 Å². The van der Waals surface area contributed by atoms with Crippen molar-refractivity contribution < 1.29 is 17.5 Å². The maximum atomic E-state index is 12.4. The van der Waals surface area contributed by atoms with Gasteiger partial charge in [0.2, 0.25) is 0 Å². The number of imidazole rings is 1. The quantitative estimate of drug-likeness (QED) is 0.339. The molecular weight excluding hydrogens is 388 g/mol. The van der Waals surface area contributed by atoms with Crippen molar-refractivity contribution >= 4 is 16.1 Å². The summed E-state index contributed by atoms with van der Waals surface area (Å²) in [5, 5.41) is 18.4. The van der Waals surface area contributed by atoms with Crippen molar-refractivity contribution in [3.63, 3.8) is 0 Å². The highest BCUT2D eigenvalue weighted by Crippen LogP contribution is 2.36. The number of rotatable bonds is 6. The fraction of sp³-hybridized carbons (Fsp3) is 0.312. The van der Waals surface area contributed by atoms with E-state index in [1.54, 1.807) is 6.20 Å². The van der Waals surface area contributed by atoms with Gasteiger partial charge in [-0.05, 0) is 16.9 Å². The Kier molecular flexibility index (Phi) is 4.65. The molecule has 2 unspecified atom stereocenters. The third-order valence-corrected chi connectivity index (χ3v) is 6.32. The summed E-state index contributed by atoms with van der Waals surface area (Å²) < 4.78 is 32.4. The molecule has 12 heteroatoms. The largest absolute Gasteiger partial charge is 0.436 e. The molecule has 1 aromatic carbocycles. The highest BCUT2D eigenvalue weighted by atomic mass is 32.2. The standard InChI is InChI=1S/C16H16N6O5S/c23-22(24)16-17-7-8-20(16)11-21-10-13(18-19-21)15(12-4-2-1-3-5-12)14-6-9-27-28(14,25)26/h1-5,7-8,10,14-15H,6,9,11H2. The van der Waals surface area contributed by atoms with E-state index in [2.05, 4.69) is 15.3 Å². The average molecular weight is 404 g/mol. The SMILES string of the molecule is O=[N+]([O-])c1nccn1Cn1cc(C(c2ccccc2)C2CCOS2(=O)=O)nn1. The second-order valence-corrected chi connectivity index (χ2v) is 8.14. The highest BCUT2D eigenvalue weighted by molar-refractivity contribution is 7.87. The number of nitrogens with zero attached hydrogens (tertiary/aromatic N) is 6. The van der Waals surface area contributed by atoms with Gasteiger partial charge in [0.05, 0.1) is 18.5 Å². The second kappa shape index (κ2) is 7.13. The molecule has 28 heavy (non-hydrogen) atoms. The Bertz CT molecular complexity index is 1090. The monoisotopic (exact) mass is 404 g/mol. The molecule has 3 heterocycles. The zero-order valence-electron chi connectivity index (χ0n) is 14.5. The first-order chi connectivity index (χ1) is 13.5. The summed E-state index contributed by atoms with van der Waals surface area (Å²) in [4.78, 5) is 14.1. The fourth-order valence-corrected chi connectivity index (χ4v) is 4.86. The molecule has 4 rings (SSSR count). The van der Waals surface area contributed by atoms with Gasteiger partial charge in [0, 0.05) is 5.92 Å². The van der Waals surface area contributed by atoms with Crippen molar-refractivity contribution in [2.24, 2.45) is 0 Å². The molecule has 1 fully saturated rings. The van der Waals surface area contributed by atoms with E-state index in [0.29, 0.717) is 12.1 Å². The number of hydrogen-bond donors (Lipinski definition) is 0. The van der Waals surface area contributed by atoms with Gasteiger partial charge < -0.3 is 10.1 Å². The molecule has 146 valence electrons. The van der Waals surface area contributed by atoms with Crippen LogP contribution >= 0.6 is 0 Å². The highest BCUT2D eigenvalue weighted by Gasteiger charge is 2.42. The topological polar surface area (TPSA) is 135 Å². The molecule has 0 spiro atoms. The smallest absolute Gasteiger partial charge is 0.390 e. The zero-order chi connectivity index (χ0) is 19.7. The minimum atomic E-state index is -3.72. The van der Waals surface area contributed by atoms with Crippen LogP contribution in [0.15, 0.2) is 48.9 Å². The molecule has 0 radical (unpaired) electrons. The molecule has 11 nitrogen and oxygen atoms in total. The van der Waals surface area contributed by atoms with Gasteiger partial charge in [-0.15, -0.1) is 5.10 Å². The number of benzene rings is 1. The maximum Gasteiger partial charge on any atom is 0.436 e. The van der Waals surface area contributed by atoms with Gasteiger partial charge in [-0.1, -0.05) is 40.5 Å². The summed E-state index contributed by atoms with van der Waals surface area (Å²) in [5.41, 5.74) is 1.23. The first-order valence-electron chi connectivity index (χ1n) is 8.44. The molecular formula is C16H16N6O5S. The van der Waals surface area contributed by atoms with E-state index in [1.807, 2.05) is 30.3 Å². The van der Waals surface area contributed by atoms with Crippen LogP contribution in [0.5, 0.6) is 0 Å². The molecule has 0 saturated carbocycles.